The summed E-state index contributed by atoms with van der Waals surface area (Å²) >= 11 is 0. The lowest BCUT2D eigenvalue weighted by Crippen LogP contribution is -2.02. The predicted octanol–water partition coefficient (Wildman–Crippen LogP) is 11.9. The van der Waals surface area contributed by atoms with Crippen LogP contribution in [0.1, 0.15) is 11.1 Å². The van der Waals surface area contributed by atoms with E-state index < -0.39 is 0 Å². The molecular formula is C45H28N4. The van der Waals surface area contributed by atoms with Gasteiger partial charge in [0.2, 0.25) is 0 Å². The quantitative estimate of drug-likeness (QED) is 0.180. The van der Waals surface area contributed by atoms with Gasteiger partial charge in [-0.05, 0) is 84.1 Å². The molecule has 2 aromatic heterocycles. The Morgan fingerprint density at radius 1 is 0.531 bits per heavy atom. The van der Waals surface area contributed by atoms with E-state index in [4.69, 9.17) is 6.57 Å². The lowest BCUT2D eigenvalue weighted by Gasteiger charge is -2.21. The summed E-state index contributed by atoms with van der Waals surface area (Å²) in [5.74, 6) is 0. The predicted molar refractivity (Wildman–Crippen MR) is 202 cm³/mol. The zero-order valence-corrected chi connectivity index (χ0v) is 26.7. The molecule has 9 aromatic rings. The molecule has 4 heteroatoms. The molecule has 0 spiro atoms. The first-order chi connectivity index (χ1) is 24.1. The Morgan fingerprint density at radius 3 is 1.88 bits per heavy atom. The van der Waals surface area contributed by atoms with Crippen LogP contribution in [0.4, 0.5) is 5.69 Å². The fourth-order valence-electron chi connectivity index (χ4n) is 7.53. The molecule has 0 aliphatic rings. The van der Waals surface area contributed by atoms with Crippen molar-refractivity contribution in [3.8, 4) is 39.7 Å². The molecule has 0 amide bonds. The number of nitriles is 1. The van der Waals surface area contributed by atoms with Crippen molar-refractivity contribution in [2.75, 3.05) is 0 Å². The van der Waals surface area contributed by atoms with Crippen molar-refractivity contribution in [2.45, 2.75) is 6.92 Å². The lowest BCUT2D eigenvalue weighted by molar-refractivity contribution is 1.17. The minimum atomic E-state index is 0.605. The molecule has 0 saturated carbocycles. The summed E-state index contributed by atoms with van der Waals surface area (Å²) < 4.78 is 4.69. The molecule has 0 fully saturated rings. The van der Waals surface area contributed by atoms with Gasteiger partial charge in [-0.3, -0.25) is 0 Å². The first-order valence-electron chi connectivity index (χ1n) is 16.3. The maximum absolute atomic E-state index is 9.99. The fourth-order valence-corrected chi connectivity index (χ4v) is 7.53. The summed E-state index contributed by atoms with van der Waals surface area (Å²) in [7, 11) is 0. The normalized spacial score (nSPS) is 11.3. The number of hydrogen-bond acceptors (Lipinski definition) is 1. The Balaban J connectivity index is 1.41. The van der Waals surface area contributed by atoms with Gasteiger partial charge in [-0.2, -0.15) is 5.26 Å². The molecule has 228 valence electrons. The van der Waals surface area contributed by atoms with Gasteiger partial charge in [0.05, 0.1) is 51.6 Å². The highest BCUT2D eigenvalue weighted by molar-refractivity contribution is 6.12. The van der Waals surface area contributed by atoms with Gasteiger partial charge >= 0.3 is 0 Å². The first-order valence-corrected chi connectivity index (χ1v) is 16.3. The summed E-state index contributed by atoms with van der Waals surface area (Å²) in [6, 6.07) is 55.0. The van der Waals surface area contributed by atoms with Crippen LogP contribution in [0, 0.1) is 24.8 Å². The van der Waals surface area contributed by atoms with Crippen molar-refractivity contribution in [3.05, 3.63) is 174 Å². The van der Waals surface area contributed by atoms with Crippen LogP contribution in [0.15, 0.2) is 152 Å². The van der Waals surface area contributed by atoms with Crippen LogP contribution < -0.4 is 0 Å². The number of hydrogen-bond donors (Lipinski definition) is 0. The second-order valence-corrected chi connectivity index (χ2v) is 12.4. The maximum Gasteiger partial charge on any atom is 0.188 e. The molecule has 0 bridgehead atoms. The molecule has 0 atom stereocenters. The van der Waals surface area contributed by atoms with Crippen molar-refractivity contribution in [2.24, 2.45) is 0 Å². The van der Waals surface area contributed by atoms with Crippen molar-refractivity contribution >= 4 is 49.3 Å². The lowest BCUT2D eigenvalue weighted by atomic mass is 9.91. The molecule has 0 saturated heterocycles. The number of fused-ring (bicyclic) bond motifs is 6. The highest BCUT2D eigenvalue weighted by atomic mass is 15.0. The van der Waals surface area contributed by atoms with Gasteiger partial charge in [-0.1, -0.05) is 96.6 Å². The standard InChI is InChI=1S/C45H28N4/c1-29-21-23-42-37(25-29)34-14-4-7-18-40(34)48(42)39-17-6-3-13-33(39)36-16-10-20-44(45(36)31-12-9-11-30(26-31)28-46)49-41-19-8-5-15-35(41)38-27-32(47-2)22-24-43(38)49/h3-27H,1H3. The van der Waals surface area contributed by atoms with Crippen LogP contribution >= 0.6 is 0 Å². The van der Waals surface area contributed by atoms with Crippen molar-refractivity contribution in [1.82, 2.24) is 9.13 Å². The molecule has 0 aliphatic carbocycles. The van der Waals surface area contributed by atoms with E-state index in [9.17, 15) is 5.26 Å². The smallest absolute Gasteiger partial charge is 0.188 e. The van der Waals surface area contributed by atoms with Gasteiger partial charge in [-0.15, -0.1) is 0 Å². The van der Waals surface area contributed by atoms with Crippen LogP contribution in [-0.4, -0.2) is 9.13 Å². The molecule has 0 radical (unpaired) electrons. The van der Waals surface area contributed by atoms with E-state index in [1.807, 2.05) is 36.4 Å². The van der Waals surface area contributed by atoms with E-state index in [0.29, 0.717) is 11.3 Å². The monoisotopic (exact) mass is 624 g/mol. The number of para-hydroxylation sites is 3. The molecule has 0 aliphatic heterocycles. The zero-order chi connectivity index (χ0) is 33.1. The summed E-state index contributed by atoms with van der Waals surface area (Å²) in [6.45, 7) is 9.83. The summed E-state index contributed by atoms with van der Waals surface area (Å²) in [4.78, 5) is 3.74. The Morgan fingerprint density at radius 2 is 1.12 bits per heavy atom. The third kappa shape index (κ3) is 4.36. The maximum atomic E-state index is 9.99. The van der Waals surface area contributed by atoms with E-state index in [1.54, 1.807) is 0 Å². The highest BCUT2D eigenvalue weighted by Gasteiger charge is 2.22. The number of aromatic nitrogens is 2. The first kappa shape index (κ1) is 28.4. The largest absolute Gasteiger partial charge is 0.309 e. The van der Waals surface area contributed by atoms with E-state index in [1.165, 1.54) is 16.3 Å². The van der Waals surface area contributed by atoms with Crippen LogP contribution in [0.3, 0.4) is 0 Å². The molecule has 7 aromatic carbocycles. The molecule has 0 N–H and O–H groups in total. The minimum absolute atomic E-state index is 0.605. The summed E-state index contributed by atoms with van der Waals surface area (Å²) in [5, 5.41) is 14.6. The van der Waals surface area contributed by atoms with E-state index in [2.05, 4.69) is 142 Å². The van der Waals surface area contributed by atoms with Crippen molar-refractivity contribution < 1.29 is 0 Å². The van der Waals surface area contributed by atoms with Crippen LogP contribution in [-0.2, 0) is 0 Å². The molecule has 0 unspecified atom stereocenters. The molecule has 49 heavy (non-hydrogen) atoms. The Bertz CT molecular complexity index is 2870. The zero-order valence-electron chi connectivity index (χ0n) is 26.7. The van der Waals surface area contributed by atoms with Crippen LogP contribution in [0.25, 0.3) is 82.1 Å². The second kappa shape index (κ2) is 11.1. The second-order valence-electron chi connectivity index (χ2n) is 12.4. The number of benzene rings is 7. The minimum Gasteiger partial charge on any atom is -0.309 e. The summed E-state index contributed by atoms with van der Waals surface area (Å²) in [5.41, 5.74) is 13.0. The van der Waals surface area contributed by atoms with Gasteiger partial charge in [-0.25, -0.2) is 4.85 Å². The van der Waals surface area contributed by atoms with Gasteiger partial charge in [0.25, 0.3) is 0 Å². The van der Waals surface area contributed by atoms with E-state index >= 15 is 0 Å². The topological polar surface area (TPSA) is 38.0 Å². The fraction of sp³-hybridized carbons (Fsp3) is 0.0222. The molecular weight excluding hydrogens is 597 g/mol. The SMILES string of the molecule is [C-]#[N+]c1ccc2c(c1)c1ccccc1n2-c1cccc(-c2ccccc2-n2c3ccccc3c3cc(C)ccc32)c1-c1cccc(C#N)c1. The number of rotatable bonds is 4. The molecule has 9 rings (SSSR count). The van der Waals surface area contributed by atoms with Gasteiger partial charge in [0.1, 0.15) is 0 Å². The van der Waals surface area contributed by atoms with Gasteiger partial charge < -0.3 is 9.13 Å². The third-order valence-electron chi connectivity index (χ3n) is 9.61. The van der Waals surface area contributed by atoms with E-state index in [0.717, 1.165) is 66.5 Å². The van der Waals surface area contributed by atoms with Crippen LogP contribution in [0.5, 0.6) is 0 Å². The Labute approximate surface area is 283 Å². The highest BCUT2D eigenvalue weighted by Crippen LogP contribution is 2.44. The van der Waals surface area contributed by atoms with Crippen molar-refractivity contribution in [1.29, 1.82) is 5.26 Å². The van der Waals surface area contributed by atoms with Crippen molar-refractivity contribution in [3.63, 3.8) is 0 Å². The van der Waals surface area contributed by atoms with Gasteiger partial charge in [0.15, 0.2) is 5.69 Å². The van der Waals surface area contributed by atoms with Crippen LogP contribution in [0.2, 0.25) is 0 Å². The van der Waals surface area contributed by atoms with Gasteiger partial charge in [0, 0.05) is 27.3 Å². The number of nitrogens with zero attached hydrogens (tertiary/aromatic N) is 4. The number of aryl methyl sites for hydroxylation is 1. The molecule has 4 nitrogen and oxygen atoms in total. The Kier molecular flexibility index (Phi) is 6.44. The van der Waals surface area contributed by atoms with E-state index in [-0.39, 0.29) is 0 Å². The Hall–Kier alpha value is -6.88. The third-order valence-corrected chi connectivity index (χ3v) is 9.61. The summed E-state index contributed by atoms with van der Waals surface area (Å²) in [6.07, 6.45) is 0. The average Bonchev–Trinajstić information content (AvgIpc) is 3.66. The average molecular weight is 625 g/mol. The molecule has 2 heterocycles.